The molecule has 3 aromatic heterocycles. The molecule has 0 radical (unpaired) electrons. The lowest BCUT2D eigenvalue weighted by molar-refractivity contribution is -0.123. The van der Waals surface area contributed by atoms with Crippen LogP contribution in [0.1, 0.15) is 41.0 Å². The Labute approximate surface area is 181 Å². The average molecular weight is 427 g/mol. The molecule has 0 spiro atoms. The fourth-order valence-corrected chi connectivity index (χ4v) is 3.36. The maximum atomic E-state index is 12.8. The third-order valence-corrected chi connectivity index (χ3v) is 5.01. The van der Waals surface area contributed by atoms with E-state index < -0.39 is 5.41 Å². The first kappa shape index (κ1) is 21.2. The van der Waals surface area contributed by atoms with Crippen LogP contribution in [-0.4, -0.2) is 54.5 Å². The Balaban J connectivity index is 1.86. The summed E-state index contributed by atoms with van der Waals surface area (Å²) >= 11 is 0. The van der Waals surface area contributed by atoms with Gasteiger partial charge in [-0.3, -0.25) is 9.36 Å². The van der Waals surface area contributed by atoms with E-state index in [-0.39, 0.29) is 11.9 Å². The van der Waals surface area contributed by atoms with Gasteiger partial charge in [0.25, 0.3) is 0 Å². The number of amides is 1. The van der Waals surface area contributed by atoms with Gasteiger partial charge in [0.15, 0.2) is 17.0 Å². The van der Waals surface area contributed by atoms with Crippen LogP contribution in [0.2, 0.25) is 0 Å². The molecule has 1 atom stereocenters. The molecular weight excluding hydrogens is 396 g/mol. The summed E-state index contributed by atoms with van der Waals surface area (Å²) in [5.41, 5.74) is 0.618. The van der Waals surface area contributed by atoms with E-state index in [9.17, 15) is 4.79 Å². The number of hydrogen-bond acceptors (Lipinski definition) is 7. The van der Waals surface area contributed by atoms with Crippen LogP contribution in [0.4, 0.5) is 11.8 Å². The Morgan fingerprint density at radius 3 is 2.71 bits per heavy atom. The van der Waals surface area contributed by atoms with E-state index in [1.165, 1.54) is 0 Å². The Morgan fingerprint density at radius 2 is 2.10 bits per heavy atom. The number of imidazole rings is 1. The number of anilines is 2. The van der Waals surface area contributed by atoms with Gasteiger partial charge >= 0.3 is 0 Å². The number of nitrogens with one attached hydrogen (secondary N) is 2. The van der Waals surface area contributed by atoms with Crippen molar-refractivity contribution < 1.29 is 9.53 Å². The Morgan fingerprint density at radius 1 is 1.29 bits per heavy atom. The maximum Gasteiger partial charge on any atom is 0.233 e. The largest absolute Gasteiger partial charge is 0.379 e. The lowest BCUT2D eigenvalue weighted by Gasteiger charge is -2.18. The predicted molar refractivity (Wildman–Crippen MR) is 118 cm³/mol. The number of aromatic nitrogens is 6. The van der Waals surface area contributed by atoms with Crippen LogP contribution in [0.15, 0.2) is 18.5 Å². The van der Waals surface area contributed by atoms with Crippen molar-refractivity contribution in [3.63, 3.8) is 0 Å². The Bertz CT molecular complexity index is 1060. The predicted octanol–water partition coefficient (Wildman–Crippen LogP) is 2.85. The number of nitrogens with zero attached hydrogens (tertiary/aromatic N) is 6. The number of hydrogen-bond donors (Lipinski definition) is 2. The van der Waals surface area contributed by atoms with Gasteiger partial charge in [0.2, 0.25) is 17.8 Å². The molecule has 10 nitrogen and oxygen atoms in total. The van der Waals surface area contributed by atoms with E-state index in [1.54, 1.807) is 10.9 Å². The molecule has 1 fully saturated rings. The second kappa shape index (κ2) is 8.26. The minimum absolute atomic E-state index is 0.135. The lowest BCUT2D eigenvalue weighted by Crippen LogP contribution is -2.28. The zero-order valence-electron chi connectivity index (χ0n) is 18.7. The molecule has 1 unspecified atom stereocenters. The van der Waals surface area contributed by atoms with Gasteiger partial charge in [0, 0.05) is 31.0 Å². The fourth-order valence-electron chi connectivity index (χ4n) is 3.36. The topological polar surface area (TPSA) is 112 Å². The number of ether oxygens (including phenoxy) is 1. The van der Waals surface area contributed by atoms with Gasteiger partial charge in [0.1, 0.15) is 0 Å². The summed E-state index contributed by atoms with van der Waals surface area (Å²) in [6.45, 7) is 11.9. The number of carbonyl (C=O) groups is 1. The molecule has 4 heterocycles. The second-order valence-corrected chi connectivity index (χ2v) is 9.34. The number of rotatable bonds is 6. The van der Waals surface area contributed by atoms with E-state index >= 15 is 0 Å². The van der Waals surface area contributed by atoms with Crippen molar-refractivity contribution in [3.8, 4) is 5.95 Å². The van der Waals surface area contributed by atoms with E-state index in [0.717, 1.165) is 6.42 Å². The van der Waals surface area contributed by atoms with Gasteiger partial charge < -0.3 is 15.4 Å². The molecular formula is C21H30N8O2. The molecule has 1 amide bonds. The molecule has 10 heteroatoms. The summed E-state index contributed by atoms with van der Waals surface area (Å²) in [7, 11) is 0. The highest BCUT2D eigenvalue weighted by atomic mass is 16.5. The molecule has 2 N–H and O–H groups in total. The Kier molecular flexibility index (Phi) is 5.65. The van der Waals surface area contributed by atoms with E-state index in [1.807, 2.05) is 37.6 Å². The van der Waals surface area contributed by atoms with Crippen molar-refractivity contribution >= 4 is 28.8 Å². The van der Waals surface area contributed by atoms with Crippen molar-refractivity contribution in [2.75, 3.05) is 23.8 Å². The van der Waals surface area contributed by atoms with Crippen molar-refractivity contribution in [1.82, 2.24) is 29.3 Å². The summed E-state index contributed by atoms with van der Waals surface area (Å²) in [5, 5.41) is 10.7. The summed E-state index contributed by atoms with van der Waals surface area (Å²) in [5.74, 6) is 1.69. The molecule has 0 bridgehead atoms. The molecule has 0 aliphatic carbocycles. The molecule has 4 rings (SSSR count). The van der Waals surface area contributed by atoms with Crippen LogP contribution < -0.4 is 10.6 Å². The molecule has 1 aliphatic heterocycles. The molecule has 0 saturated carbocycles. The first-order valence-electron chi connectivity index (χ1n) is 10.7. The van der Waals surface area contributed by atoms with Crippen LogP contribution in [0.5, 0.6) is 0 Å². The molecule has 166 valence electrons. The quantitative estimate of drug-likeness (QED) is 0.623. The molecule has 0 aromatic carbocycles. The standard InChI is InChI=1S/C21H30N8O2/c1-13(2)11-28-17-15(24-20(28)29-9-6-8-22-29)16(25-18(30)21(3,4)5)26-19(27-17)23-14-7-10-31-12-14/h6,8-9,13-14H,7,10-12H2,1-5H3,(H2,23,25,26,27,30). The summed E-state index contributed by atoms with van der Waals surface area (Å²) in [6, 6.07) is 1.98. The fraction of sp³-hybridized carbons (Fsp3) is 0.571. The van der Waals surface area contributed by atoms with Crippen LogP contribution >= 0.6 is 0 Å². The average Bonchev–Trinajstić information content (AvgIpc) is 3.42. The third-order valence-electron chi connectivity index (χ3n) is 5.01. The normalized spacial score (nSPS) is 16.9. The summed E-state index contributed by atoms with van der Waals surface area (Å²) in [4.78, 5) is 27.0. The molecule has 3 aromatic rings. The van der Waals surface area contributed by atoms with E-state index in [0.29, 0.717) is 54.6 Å². The van der Waals surface area contributed by atoms with Gasteiger partial charge in [-0.1, -0.05) is 34.6 Å². The smallest absolute Gasteiger partial charge is 0.233 e. The molecule has 1 saturated heterocycles. The first-order valence-corrected chi connectivity index (χ1v) is 10.7. The minimum Gasteiger partial charge on any atom is -0.379 e. The monoisotopic (exact) mass is 426 g/mol. The van der Waals surface area contributed by atoms with Crippen LogP contribution in [0, 0.1) is 11.3 Å². The zero-order chi connectivity index (χ0) is 22.2. The first-order chi connectivity index (χ1) is 14.7. The minimum atomic E-state index is -0.574. The highest BCUT2D eigenvalue weighted by Gasteiger charge is 2.26. The van der Waals surface area contributed by atoms with Gasteiger partial charge in [-0.15, -0.1) is 0 Å². The van der Waals surface area contributed by atoms with Crippen molar-refractivity contribution in [2.24, 2.45) is 11.3 Å². The Hall–Kier alpha value is -3.01. The SMILES string of the molecule is CC(C)Cn1c(-n2cccn2)nc2c(NC(=O)C(C)(C)C)nc(NC3CCOC3)nc21. The molecule has 31 heavy (non-hydrogen) atoms. The van der Waals surface area contributed by atoms with Crippen LogP contribution in [0.3, 0.4) is 0 Å². The van der Waals surface area contributed by atoms with Crippen molar-refractivity contribution in [2.45, 2.75) is 53.6 Å². The highest BCUT2D eigenvalue weighted by molar-refractivity contribution is 6.00. The van der Waals surface area contributed by atoms with Gasteiger partial charge in [0.05, 0.1) is 12.6 Å². The van der Waals surface area contributed by atoms with Crippen LogP contribution in [-0.2, 0) is 16.1 Å². The lowest BCUT2D eigenvalue weighted by atomic mass is 9.96. The summed E-state index contributed by atoms with van der Waals surface area (Å²) in [6.07, 6.45) is 4.43. The van der Waals surface area contributed by atoms with Gasteiger partial charge in [-0.2, -0.15) is 15.1 Å². The maximum absolute atomic E-state index is 12.8. The number of fused-ring (bicyclic) bond motifs is 1. The second-order valence-electron chi connectivity index (χ2n) is 9.34. The number of carbonyl (C=O) groups excluding carboxylic acids is 1. The summed E-state index contributed by atoms with van der Waals surface area (Å²) < 4.78 is 9.20. The molecule has 1 aliphatic rings. The third kappa shape index (κ3) is 4.53. The van der Waals surface area contributed by atoms with Crippen molar-refractivity contribution in [1.29, 1.82) is 0 Å². The van der Waals surface area contributed by atoms with E-state index in [4.69, 9.17) is 14.7 Å². The van der Waals surface area contributed by atoms with Crippen molar-refractivity contribution in [3.05, 3.63) is 18.5 Å². The van der Waals surface area contributed by atoms with E-state index in [2.05, 4.69) is 34.6 Å². The highest BCUT2D eigenvalue weighted by Crippen LogP contribution is 2.27. The van der Waals surface area contributed by atoms with Gasteiger partial charge in [-0.05, 0) is 18.4 Å². The zero-order valence-corrected chi connectivity index (χ0v) is 18.7. The van der Waals surface area contributed by atoms with Gasteiger partial charge in [-0.25, -0.2) is 9.67 Å². The van der Waals surface area contributed by atoms with Crippen LogP contribution in [0.25, 0.3) is 17.1 Å².